The van der Waals surface area contributed by atoms with Crippen LogP contribution in [0.25, 0.3) is 0 Å². The number of aryl methyl sites for hydroxylation is 1. The van der Waals surface area contributed by atoms with Gasteiger partial charge in [-0.25, -0.2) is 8.78 Å². The monoisotopic (exact) mass is 254 g/mol. The molecule has 1 fully saturated rings. The molecule has 1 aliphatic heterocycles. The van der Waals surface area contributed by atoms with E-state index in [2.05, 4.69) is 0 Å². The van der Waals surface area contributed by atoms with Crippen LogP contribution >= 0.6 is 0 Å². The van der Waals surface area contributed by atoms with Crippen LogP contribution in [0.2, 0.25) is 0 Å². The molecule has 0 spiro atoms. The van der Waals surface area contributed by atoms with Crippen LogP contribution in [0.15, 0.2) is 18.2 Å². The first-order valence-electron chi connectivity index (χ1n) is 6.38. The molecule has 1 unspecified atom stereocenters. The molecular formula is C14H20F2N2. The van der Waals surface area contributed by atoms with E-state index in [9.17, 15) is 8.78 Å². The lowest BCUT2D eigenvalue weighted by atomic mass is 9.85. The fraction of sp³-hybridized carbons (Fsp3) is 0.571. The summed E-state index contributed by atoms with van der Waals surface area (Å²) >= 11 is 0. The molecule has 1 aromatic rings. The topological polar surface area (TPSA) is 29.3 Å². The second kappa shape index (κ2) is 4.84. The van der Waals surface area contributed by atoms with E-state index >= 15 is 0 Å². The highest BCUT2D eigenvalue weighted by molar-refractivity contribution is 5.49. The first kappa shape index (κ1) is 13.3. The van der Waals surface area contributed by atoms with Crippen molar-refractivity contribution in [3.8, 4) is 0 Å². The lowest BCUT2D eigenvalue weighted by Gasteiger charge is -2.37. The van der Waals surface area contributed by atoms with Gasteiger partial charge in [-0.05, 0) is 43.6 Å². The summed E-state index contributed by atoms with van der Waals surface area (Å²) in [6, 6.07) is 5.35. The van der Waals surface area contributed by atoms with Crippen molar-refractivity contribution in [1.82, 2.24) is 4.90 Å². The van der Waals surface area contributed by atoms with Gasteiger partial charge < -0.3 is 10.6 Å². The quantitative estimate of drug-likeness (QED) is 0.822. The van der Waals surface area contributed by atoms with Crippen molar-refractivity contribution in [2.45, 2.75) is 31.6 Å². The molecule has 1 saturated heterocycles. The summed E-state index contributed by atoms with van der Waals surface area (Å²) in [6.07, 6.45) is 1.27. The second-order valence-corrected chi connectivity index (χ2v) is 5.15. The third-order valence-electron chi connectivity index (χ3n) is 3.74. The van der Waals surface area contributed by atoms with E-state index in [-0.39, 0.29) is 6.54 Å². The van der Waals surface area contributed by atoms with E-state index in [1.165, 1.54) is 0 Å². The van der Waals surface area contributed by atoms with Crippen LogP contribution in [-0.2, 0) is 6.42 Å². The number of hydrogen-bond acceptors (Lipinski definition) is 2. The zero-order chi connectivity index (χ0) is 13.3. The van der Waals surface area contributed by atoms with Crippen molar-refractivity contribution in [3.05, 3.63) is 29.3 Å². The molecule has 0 bridgehead atoms. The van der Waals surface area contributed by atoms with Gasteiger partial charge in [0.15, 0.2) is 0 Å². The SMILES string of the molecule is CCc1cc(C2CCN(C)CC2(F)F)ccc1N. The van der Waals surface area contributed by atoms with Gasteiger partial charge in [0.05, 0.1) is 12.5 Å². The highest BCUT2D eigenvalue weighted by atomic mass is 19.3. The lowest BCUT2D eigenvalue weighted by molar-refractivity contribution is -0.0765. The molecule has 0 aliphatic carbocycles. The fourth-order valence-corrected chi connectivity index (χ4v) is 2.67. The Morgan fingerprint density at radius 3 is 2.78 bits per heavy atom. The van der Waals surface area contributed by atoms with E-state index in [0.29, 0.717) is 18.7 Å². The number of rotatable bonds is 2. The molecule has 2 N–H and O–H groups in total. The smallest absolute Gasteiger partial charge is 0.267 e. The number of nitrogens with two attached hydrogens (primary N) is 1. The van der Waals surface area contributed by atoms with Crippen LogP contribution in [0.3, 0.4) is 0 Å². The highest BCUT2D eigenvalue weighted by Crippen LogP contribution is 2.40. The third-order valence-corrected chi connectivity index (χ3v) is 3.74. The summed E-state index contributed by atoms with van der Waals surface area (Å²) < 4.78 is 28.1. The summed E-state index contributed by atoms with van der Waals surface area (Å²) in [5, 5.41) is 0. The maximum absolute atomic E-state index is 14.1. The normalized spacial score (nSPS) is 24.1. The van der Waals surface area contributed by atoms with Crippen molar-refractivity contribution < 1.29 is 8.78 Å². The van der Waals surface area contributed by atoms with Gasteiger partial charge >= 0.3 is 0 Å². The molecule has 0 aromatic heterocycles. The number of hydrogen-bond donors (Lipinski definition) is 1. The third kappa shape index (κ3) is 2.48. The van der Waals surface area contributed by atoms with Crippen LogP contribution in [-0.4, -0.2) is 31.0 Å². The summed E-state index contributed by atoms with van der Waals surface area (Å²) in [7, 11) is 1.74. The molecule has 2 rings (SSSR count). The molecule has 18 heavy (non-hydrogen) atoms. The number of piperidine rings is 1. The number of halogens is 2. The fourth-order valence-electron chi connectivity index (χ4n) is 2.67. The van der Waals surface area contributed by atoms with Crippen LogP contribution in [0.5, 0.6) is 0 Å². The Hall–Kier alpha value is -1.16. The summed E-state index contributed by atoms with van der Waals surface area (Å²) in [5.41, 5.74) is 8.20. The van der Waals surface area contributed by atoms with Gasteiger partial charge in [0.25, 0.3) is 5.92 Å². The number of alkyl halides is 2. The second-order valence-electron chi connectivity index (χ2n) is 5.15. The number of likely N-dealkylation sites (tertiary alicyclic amines) is 1. The van der Waals surface area contributed by atoms with E-state index < -0.39 is 11.8 Å². The van der Waals surface area contributed by atoms with Crippen LogP contribution in [0, 0.1) is 0 Å². The Labute approximate surface area is 107 Å². The number of nitrogens with zero attached hydrogens (tertiary/aromatic N) is 1. The molecule has 2 nitrogen and oxygen atoms in total. The van der Waals surface area contributed by atoms with Crippen molar-refractivity contribution in [1.29, 1.82) is 0 Å². The predicted octanol–water partition coefficient (Wildman–Crippen LogP) is 2.89. The van der Waals surface area contributed by atoms with E-state index in [1.54, 1.807) is 24.1 Å². The van der Waals surface area contributed by atoms with Gasteiger partial charge in [-0.1, -0.05) is 19.1 Å². The minimum atomic E-state index is -2.66. The maximum atomic E-state index is 14.1. The molecule has 1 aliphatic rings. The Bertz CT molecular complexity index is 432. The molecule has 100 valence electrons. The molecule has 0 saturated carbocycles. The predicted molar refractivity (Wildman–Crippen MR) is 70.0 cm³/mol. The maximum Gasteiger partial charge on any atom is 0.267 e. The van der Waals surface area contributed by atoms with Gasteiger partial charge in [-0.15, -0.1) is 0 Å². The van der Waals surface area contributed by atoms with Gasteiger partial charge in [-0.3, -0.25) is 0 Å². The van der Waals surface area contributed by atoms with E-state index in [4.69, 9.17) is 5.73 Å². The summed E-state index contributed by atoms with van der Waals surface area (Å²) in [4.78, 5) is 1.69. The summed E-state index contributed by atoms with van der Waals surface area (Å²) in [6.45, 7) is 2.54. The van der Waals surface area contributed by atoms with Crippen molar-refractivity contribution in [3.63, 3.8) is 0 Å². The largest absolute Gasteiger partial charge is 0.399 e. The standard InChI is InChI=1S/C14H20F2N2/c1-3-10-8-11(4-5-13(10)17)12-6-7-18(2)9-14(12,15)16/h4-5,8,12H,3,6-7,9,17H2,1-2H3. The molecule has 4 heteroatoms. The van der Waals surface area contributed by atoms with Gasteiger partial charge in [0, 0.05) is 5.69 Å². The zero-order valence-corrected chi connectivity index (χ0v) is 10.9. The Kier molecular flexibility index (Phi) is 3.57. The minimum Gasteiger partial charge on any atom is -0.399 e. The number of anilines is 1. The summed E-state index contributed by atoms with van der Waals surface area (Å²) in [5.74, 6) is -3.34. The average molecular weight is 254 g/mol. The average Bonchev–Trinajstić information content (AvgIpc) is 2.29. The molecule has 1 atom stereocenters. The number of nitrogen functional groups attached to an aromatic ring is 1. The molecule has 1 aromatic carbocycles. The van der Waals surface area contributed by atoms with Crippen LogP contribution < -0.4 is 5.73 Å². The van der Waals surface area contributed by atoms with Gasteiger partial charge in [-0.2, -0.15) is 0 Å². The van der Waals surface area contributed by atoms with Gasteiger partial charge in [0.1, 0.15) is 0 Å². The molecule has 0 amide bonds. The van der Waals surface area contributed by atoms with Gasteiger partial charge in [0.2, 0.25) is 0 Å². The van der Waals surface area contributed by atoms with Crippen molar-refractivity contribution >= 4 is 5.69 Å². The van der Waals surface area contributed by atoms with Crippen molar-refractivity contribution in [2.24, 2.45) is 0 Å². The first-order valence-corrected chi connectivity index (χ1v) is 6.38. The zero-order valence-electron chi connectivity index (χ0n) is 10.9. The minimum absolute atomic E-state index is 0.163. The lowest BCUT2D eigenvalue weighted by Crippen LogP contribution is -2.45. The molecule has 0 radical (unpaired) electrons. The van der Waals surface area contributed by atoms with E-state index in [1.807, 2.05) is 13.0 Å². The van der Waals surface area contributed by atoms with Crippen LogP contribution in [0.1, 0.15) is 30.4 Å². The molecule has 1 heterocycles. The highest BCUT2D eigenvalue weighted by Gasteiger charge is 2.44. The molecular weight excluding hydrogens is 234 g/mol. The first-order chi connectivity index (χ1) is 8.44. The van der Waals surface area contributed by atoms with E-state index in [0.717, 1.165) is 17.5 Å². The number of benzene rings is 1. The Morgan fingerprint density at radius 2 is 2.17 bits per heavy atom. The van der Waals surface area contributed by atoms with Crippen LogP contribution in [0.4, 0.5) is 14.5 Å². The Morgan fingerprint density at radius 1 is 1.44 bits per heavy atom. The van der Waals surface area contributed by atoms with Crippen molar-refractivity contribution in [2.75, 3.05) is 25.9 Å². The Balaban J connectivity index is 2.30.